The minimum absolute atomic E-state index is 0.276. The number of nitrogens with two attached hydrogens (primary N) is 1. The summed E-state index contributed by atoms with van der Waals surface area (Å²) in [5.74, 6) is 0.553. The maximum absolute atomic E-state index is 7.47. The molecule has 0 fully saturated rings. The van der Waals surface area contributed by atoms with Gasteiger partial charge in [-0.3, -0.25) is 9.98 Å². The Morgan fingerprint density at radius 2 is 1.47 bits per heavy atom. The van der Waals surface area contributed by atoms with Crippen LogP contribution in [0.15, 0.2) is 146 Å². The van der Waals surface area contributed by atoms with E-state index < -0.39 is 0 Å². The Balaban J connectivity index is 1.45. The summed E-state index contributed by atoms with van der Waals surface area (Å²) < 4.78 is 4.69. The second kappa shape index (κ2) is 14.2. The summed E-state index contributed by atoms with van der Waals surface area (Å²) in [5, 5.41) is 12.2. The van der Waals surface area contributed by atoms with Crippen LogP contribution < -0.4 is 5.73 Å². The van der Waals surface area contributed by atoms with Gasteiger partial charge in [-0.15, -0.1) is 0 Å². The van der Waals surface area contributed by atoms with Gasteiger partial charge in [0.15, 0.2) is 0 Å². The number of hydrogen-bond acceptors (Lipinski definition) is 4. The van der Waals surface area contributed by atoms with Crippen molar-refractivity contribution in [2.45, 2.75) is 32.6 Å². The number of nitrogens with one attached hydrogen (secondary N) is 1. The molecule has 0 radical (unpaired) electrons. The van der Waals surface area contributed by atoms with E-state index in [0.29, 0.717) is 0 Å². The number of rotatable bonds is 9. The molecule has 6 heteroatoms. The minimum atomic E-state index is 0.276. The van der Waals surface area contributed by atoms with E-state index in [0.717, 1.165) is 61.1 Å². The van der Waals surface area contributed by atoms with Crippen LogP contribution in [0.5, 0.6) is 0 Å². The summed E-state index contributed by atoms with van der Waals surface area (Å²) in [6.45, 7) is 15.1. The van der Waals surface area contributed by atoms with Gasteiger partial charge in [-0.05, 0) is 148 Å². The first kappa shape index (κ1) is 35.3. The van der Waals surface area contributed by atoms with E-state index in [2.05, 4.69) is 126 Å². The molecule has 7 aromatic rings. The van der Waals surface area contributed by atoms with Crippen molar-refractivity contribution in [2.75, 3.05) is 7.05 Å². The number of hydrogen-bond donors (Lipinski definition) is 2. The van der Waals surface area contributed by atoms with E-state index in [4.69, 9.17) is 11.1 Å². The minimum Gasteiger partial charge on any atom is -0.405 e. The van der Waals surface area contributed by atoms with Gasteiger partial charge in [0.25, 0.3) is 0 Å². The third kappa shape index (κ3) is 5.78. The summed E-state index contributed by atoms with van der Waals surface area (Å²) in [4.78, 5) is 8.84. The summed E-state index contributed by atoms with van der Waals surface area (Å²) >= 11 is 0. The Hall–Kier alpha value is -6.79. The zero-order valence-corrected chi connectivity index (χ0v) is 31.7. The number of aromatic nitrogens is 3. The highest BCUT2D eigenvalue weighted by molar-refractivity contribution is 6.16. The molecular weight excluding hydrogens is 673 g/mol. The van der Waals surface area contributed by atoms with Crippen LogP contribution in [0.4, 0.5) is 0 Å². The number of fused-ring (bicyclic) bond motifs is 9. The lowest BCUT2D eigenvalue weighted by Crippen LogP contribution is -2.13. The molecule has 0 saturated carbocycles. The molecule has 3 heterocycles. The fourth-order valence-corrected chi connectivity index (χ4v) is 8.46. The Bertz CT molecular complexity index is 2870. The molecule has 0 spiro atoms. The molecule has 2 unspecified atom stereocenters. The number of aliphatic imine (C=N–C) groups is 1. The predicted octanol–water partition coefficient (Wildman–Crippen LogP) is 12.0. The van der Waals surface area contributed by atoms with Crippen LogP contribution in [0, 0.1) is 5.41 Å². The Morgan fingerprint density at radius 3 is 2.15 bits per heavy atom. The van der Waals surface area contributed by atoms with Crippen LogP contribution in [0.1, 0.15) is 54.9 Å². The highest BCUT2D eigenvalue weighted by Crippen LogP contribution is 2.51. The molecule has 55 heavy (non-hydrogen) atoms. The largest absolute Gasteiger partial charge is 0.405 e. The van der Waals surface area contributed by atoms with Crippen molar-refractivity contribution in [1.29, 1.82) is 5.41 Å². The van der Waals surface area contributed by atoms with E-state index in [-0.39, 0.29) is 11.8 Å². The molecule has 6 nitrogen and oxygen atoms in total. The SMILES string of the molecule is C=C/C=C(\C=NC)c1ccc2c(c1)c1cc3c(cc1n2/C(C)=C/C=C\N)-c1cc2c(cc1C(C)C3C)c1cc(C(=C)/C=C\C=N)ccc1n2-c1cccnc1. The average molecular weight is 717 g/mol. The monoisotopic (exact) mass is 716 g/mol. The molecule has 2 atom stereocenters. The van der Waals surface area contributed by atoms with Gasteiger partial charge in [-0.25, -0.2) is 0 Å². The van der Waals surface area contributed by atoms with E-state index in [9.17, 15) is 0 Å². The lowest BCUT2D eigenvalue weighted by Gasteiger charge is -2.32. The molecule has 3 aromatic heterocycles. The lowest BCUT2D eigenvalue weighted by molar-refractivity contribution is 0.617. The van der Waals surface area contributed by atoms with E-state index in [1.165, 1.54) is 44.6 Å². The molecule has 3 N–H and O–H groups in total. The number of pyridine rings is 1. The van der Waals surface area contributed by atoms with E-state index in [1.54, 1.807) is 19.3 Å². The van der Waals surface area contributed by atoms with Crippen LogP contribution in [-0.4, -0.2) is 33.6 Å². The van der Waals surface area contributed by atoms with Gasteiger partial charge in [-0.2, -0.15) is 0 Å². The molecule has 8 rings (SSSR count). The van der Waals surface area contributed by atoms with Gasteiger partial charge in [0.2, 0.25) is 0 Å². The van der Waals surface area contributed by atoms with E-state index in [1.807, 2.05) is 49.0 Å². The van der Waals surface area contributed by atoms with Crippen molar-refractivity contribution in [1.82, 2.24) is 14.1 Å². The first-order valence-corrected chi connectivity index (χ1v) is 18.6. The fraction of sp³-hybridized carbons (Fsp3) is 0.122. The quantitative estimate of drug-likeness (QED) is 0.115. The topological polar surface area (TPSA) is 85.0 Å². The standard InChI is InChI=1S/C49H44N6/c1-7-11-36(28-52-6)35-16-18-46-43(23-35)44-24-38-32(4)33(5)39-25-45-42-22-34(30(2)12-8-19-50)15-17-47(42)55(37-14-10-21-53-29-37)49(45)27-41(39)40(38)26-48(44)54(46)31(3)13-9-20-51/h7-29,32-33,50H,1-2,51H2,3-6H3/b12-8-,20-9-,31-13+,36-11+,50-19?,52-28?. The molecule has 0 bridgehead atoms. The first-order valence-electron chi connectivity index (χ1n) is 18.6. The summed E-state index contributed by atoms with van der Waals surface area (Å²) in [7, 11) is 1.80. The summed E-state index contributed by atoms with van der Waals surface area (Å²) in [5.41, 5.74) is 21.6. The number of nitrogens with zero attached hydrogens (tertiary/aromatic N) is 4. The molecule has 1 aliphatic rings. The third-order valence-corrected chi connectivity index (χ3v) is 11.3. The molecule has 0 aliphatic heterocycles. The zero-order valence-electron chi connectivity index (χ0n) is 31.7. The first-order chi connectivity index (χ1) is 26.8. The molecule has 4 aromatic carbocycles. The van der Waals surface area contributed by atoms with Crippen molar-refractivity contribution >= 4 is 72.9 Å². The normalized spacial score (nSPS) is 16.3. The maximum atomic E-state index is 7.47. The van der Waals surface area contributed by atoms with Crippen molar-refractivity contribution < 1.29 is 0 Å². The Morgan fingerprint density at radius 1 is 0.818 bits per heavy atom. The van der Waals surface area contributed by atoms with Gasteiger partial charge in [-0.1, -0.05) is 57.4 Å². The smallest absolute Gasteiger partial charge is 0.0645 e. The molecule has 0 amide bonds. The molecule has 270 valence electrons. The lowest BCUT2D eigenvalue weighted by atomic mass is 9.72. The predicted molar refractivity (Wildman–Crippen MR) is 237 cm³/mol. The van der Waals surface area contributed by atoms with Gasteiger partial charge < -0.3 is 20.3 Å². The molecule has 1 aliphatic carbocycles. The van der Waals surface area contributed by atoms with Crippen LogP contribution in [0.25, 0.3) is 77.3 Å². The average Bonchev–Trinajstić information content (AvgIpc) is 3.71. The van der Waals surface area contributed by atoms with Gasteiger partial charge >= 0.3 is 0 Å². The zero-order chi connectivity index (χ0) is 38.4. The van der Waals surface area contributed by atoms with Gasteiger partial charge in [0.1, 0.15) is 0 Å². The van der Waals surface area contributed by atoms with Crippen molar-refractivity contribution in [3.8, 4) is 16.8 Å². The molecular formula is C49H44N6. The highest BCUT2D eigenvalue weighted by atomic mass is 15.0. The Labute approximate surface area is 321 Å². The second-order valence-corrected chi connectivity index (χ2v) is 14.3. The van der Waals surface area contributed by atoms with Gasteiger partial charge in [0, 0.05) is 52.9 Å². The highest BCUT2D eigenvalue weighted by Gasteiger charge is 2.31. The van der Waals surface area contributed by atoms with Gasteiger partial charge in [0.05, 0.1) is 34.0 Å². The van der Waals surface area contributed by atoms with Crippen molar-refractivity contribution in [3.05, 3.63) is 163 Å². The van der Waals surface area contributed by atoms with Crippen molar-refractivity contribution in [2.24, 2.45) is 10.7 Å². The van der Waals surface area contributed by atoms with Crippen LogP contribution in [0.3, 0.4) is 0 Å². The number of benzene rings is 4. The fourth-order valence-electron chi connectivity index (χ4n) is 8.46. The number of allylic oxidation sites excluding steroid dienone is 9. The van der Waals surface area contributed by atoms with Crippen LogP contribution in [-0.2, 0) is 0 Å². The summed E-state index contributed by atoms with van der Waals surface area (Å²) in [6, 6.07) is 27.0. The van der Waals surface area contributed by atoms with Crippen molar-refractivity contribution in [3.63, 3.8) is 0 Å². The van der Waals surface area contributed by atoms with E-state index >= 15 is 0 Å². The molecule has 0 saturated heterocycles. The van der Waals surface area contributed by atoms with Crippen LogP contribution in [0.2, 0.25) is 0 Å². The summed E-state index contributed by atoms with van der Waals surface area (Å²) in [6.07, 6.45) is 19.9. The second-order valence-electron chi connectivity index (χ2n) is 14.3. The Kier molecular flexibility index (Phi) is 9.11. The van der Waals surface area contributed by atoms with Crippen LogP contribution >= 0.6 is 0 Å². The maximum Gasteiger partial charge on any atom is 0.0645 e. The third-order valence-electron chi connectivity index (χ3n) is 11.3.